The highest BCUT2D eigenvalue weighted by molar-refractivity contribution is 5.95. The number of methoxy groups -OCH3 is 2. The van der Waals surface area contributed by atoms with Gasteiger partial charge in [0, 0.05) is 28.8 Å². The summed E-state index contributed by atoms with van der Waals surface area (Å²) in [5.41, 5.74) is 8.75. The van der Waals surface area contributed by atoms with E-state index < -0.39 is 0 Å². The van der Waals surface area contributed by atoms with E-state index in [1.165, 1.54) is 12.8 Å². The molecular weight excluding hydrogens is 228 g/mol. The number of anilines is 1. The molecule has 4 heteroatoms. The van der Waals surface area contributed by atoms with Crippen LogP contribution in [-0.2, 0) is 0 Å². The molecule has 2 aromatic rings. The highest BCUT2D eigenvalue weighted by Gasteiger charge is 2.26. The summed E-state index contributed by atoms with van der Waals surface area (Å²) in [5.74, 6) is 2.01. The van der Waals surface area contributed by atoms with Crippen molar-refractivity contribution in [2.45, 2.75) is 18.8 Å². The van der Waals surface area contributed by atoms with E-state index in [0.717, 1.165) is 28.0 Å². The number of nitrogens with two attached hydrogens (primary N) is 1. The number of nitrogen functional groups attached to an aromatic ring is 1. The average Bonchev–Trinajstić information content (AvgIpc) is 3.22. The largest absolute Gasteiger partial charge is 0.497 e. The molecule has 0 amide bonds. The van der Waals surface area contributed by atoms with E-state index in [-0.39, 0.29) is 0 Å². The monoisotopic (exact) mass is 244 g/mol. The van der Waals surface area contributed by atoms with E-state index >= 15 is 0 Å². The number of hydrogen-bond donors (Lipinski definition) is 1. The first-order valence-corrected chi connectivity index (χ1v) is 6.05. The molecule has 2 N–H and O–H groups in total. The third kappa shape index (κ3) is 1.74. The minimum Gasteiger partial charge on any atom is -0.497 e. The number of rotatable bonds is 3. The Morgan fingerprint density at radius 1 is 1.17 bits per heavy atom. The zero-order chi connectivity index (χ0) is 12.7. The maximum absolute atomic E-state index is 6.12. The highest BCUT2D eigenvalue weighted by Crippen LogP contribution is 2.42. The molecule has 0 radical (unpaired) electrons. The van der Waals surface area contributed by atoms with Gasteiger partial charge in [0.25, 0.3) is 0 Å². The fourth-order valence-corrected chi connectivity index (χ4v) is 2.18. The Morgan fingerprint density at radius 3 is 2.56 bits per heavy atom. The number of benzene rings is 1. The van der Waals surface area contributed by atoms with Crippen LogP contribution in [-0.4, -0.2) is 19.2 Å². The fraction of sp³-hybridized carbons (Fsp3) is 0.357. The lowest BCUT2D eigenvalue weighted by atomic mass is 10.1. The predicted molar refractivity (Wildman–Crippen MR) is 71.2 cm³/mol. The van der Waals surface area contributed by atoms with Gasteiger partial charge < -0.3 is 15.2 Å². The molecule has 1 aromatic carbocycles. The molecule has 0 bridgehead atoms. The Balaban J connectivity index is 2.27. The zero-order valence-electron chi connectivity index (χ0n) is 10.6. The normalized spacial score (nSPS) is 14.8. The smallest absolute Gasteiger partial charge is 0.148 e. The number of hydrogen-bond acceptors (Lipinski definition) is 4. The molecule has 0 saturated heterocycles. The first-order valence-electron chi connectivity index (χ1n) is 6.05. The molecule has 1 fully saturated rings. The van der Waals surface area contributed by atoms with Crippen LogP contribution < -0.4 is 15.2 Å². The highest BCUT2D eigenvalue weighted by atomic mass is 16.5. The van der Waals surface area contributed by atoms with E-state index in [2.05, 4.69) is 4.98 Å². The summed E-state index contributed by atoms with van der Waals surface area (Å²) in [5, 5.41) is 0.885. The summed E-state index contributed by atoms with van der Waals surface area (Å²) < 4.78 is 10.6. The maximum Gasteiger partial charge on any atom is 0.148 e. The van der Waals surface area contributed by atoms with Gasteiger partial charge in [0.2, 0.25) is 0 Å². The van der Waals surface area contributed by atoms with Crippen LogP contribution in [0.1, 0.15) is 24.5 Å². The summed E-state index contributed by atoms with van der Waals surface area (Å²) in [6.07, 6.45) is 2.41. The zero-order valence-corrected chi connectivity index (χ0v) is 10.6. The van der Waals surface area contributed by atoms with Gasteiger partial charge in [-0.25, -0.2) is 4.98 Å². The Morgan fingerprint density at radius 2 is 1.94 bits per heavy atom. The summed E-state index contributed by atoms with van der Waals surface area (Å²) in [6.45, 7) is 0. The Hall–Kier alpha value is -1.97. The van der Waals surface area contributed by atoms with Gasteiger partial charge in [-0.15, -0.1) is 0 Å². The number of aromatic nitrogens is 1. The number of ether oxygens (including phenoxy) is 2. The van der Waals surface area contributed by atoms with E-state index in [0.29, 0.717) is 11.7 Å². The van der Waals surface area contributed by atoms with Gasteiger partial charge in [-0.3, -0.25) is 0 Å². The van der Waals surface area contributed by atoms with Crippen LogP contribution in [0.15, 0.2) is 18.2 Å². The lowest BCUT2D eigenvalue weighted by Crippen LogP contribution is -1.97. The molecule has 94 valence electrons. The average molecular weight is 244 g/mol. The van der Waals surface area contributed by atoms with E-state index in [9.17, 15) is 0 Å². The second-order valence-corrected chi connectivity index (χ2v) is 4.64. The Labute approximate surface area is 106 Å². The maximum atomic E-state index is 6.12. The molecule has 0 aliphatic heterocycles. The molecule has 18 heavy (non-hydrogen) atoms. The van der Waals surface area contributed by atoms with Gasteiger partial charge in [0.15, 0.2) is 0 Å². The summed E-state index contributed by atoms with van der Waals surface area (Å²) in [7, 11) is 3.26. The molecule has 3 rings (SSSR count). The van der Waals surface area contributed by atoms with Crippen LogP contribution in [0.5, 0.6) is 11.5 Å². The third-order valence-corrected chi connectivity index (χ3v) is 3.35. The van der Waals surface area contributed by atoms with Crippen LogP contribution in [0, 0.1) is 0 Å². The third-order valence-electron chi connectivity index (χ3n) is 3.35. The van der Waals surface area contributed by atoms with Crippen molar-refractivity contribution in [3.8, 4) is 11.5 Å². The minimum absolute atomic E-state index is 0.573. The standard InChI is InChI=1S/C14H16N2O2/c1-17-9-5-10-11(15)7-12(8-3-4-8)16-14(10)13(6-9)18-2/h5-8H,3-4H2,1-2H3,(H2,15,16). The van der Waals surface area contributed by atoms with Crippen molar-refractivity contribution in [1.82, 2.24) is 4.98 Å². The topological polar surface area (TPSA) is 57.4 Å². The molecule has 1 heterocycles. The van der Waals surface area contributed by atoms with Crippen molar-refractivity contribution in [2.75, 3.05) is 20.0 Å². The second-order valence-electron chi connectivity index (χ2n) is 4.64. The summed E-state index contributed by atoms with van der Waals surface area (Å²) in [4.78, 5) is 4.68. The molecule has 0 unspecified atom stereocenters. The molecule has 1 aliphatic rings. The van der Waals surface area contributed by atoms with E-state index in [1.54, 1.807) is 14.2 Å². The van der Waals surface area contributed by atoms with Gasteiger partial charge in [0.1, 0.15) is 17.0 Å². The first kappa shape index (κ1) is 11.1. The van der Waals surface area contributed by atoms with Crippen molar-refractivity contribution in [3.05, 3.63) is 23.9 Å². The molecule has 4 nitrogen and oxygen atoms in total. The lowest BCUT2D eigenvalue weighted by molar-refractivity contribution is 0.397. The van der Waals surface area contributed by atoms with Gasteiger partial charge in [-0.1, -0.05) is 0 Å². The van der Waals surface area contributed by atoms with Crippen LogP contribution >= 0.6 is 0 Å². The van der Waals surface area contributed by atoms with Crippen LogP contribution in [0.4, 0.5) is 5.69 Å². The lowest BCUT2D eigenvalue weighted by Gasteiger charge is -2.11. The quantitative estimate of drug-likeness (QED) is 0.901. The summed E-state index contributed by atoms with van der Waals surface area (Å²) in [6, 6.07) is 5.71. The summed E-state index contributed by atoms with van der Waals surface area (Å²) >= 11 is 0. The predicted octanol–water partition coefficient (Wildman–Crippen LogP) is 2.71. The Kier molecular flexibility index (Phi) is 2.51. The van der Waals surface area contributed by atoms with Gasteiger partial charge in [-0.2, -0.15) is 0 Å². The van der Waals surface area contributed by atoms with Crippen molar-refractivity contribution >= 4 is 16.6 Å². The molecular formula is C14H16N2O2. The van der Waals surface area contributed by atoms with Crippen molar-refractivity contribution in [1.29, 1.82) is 0 Å². The van der Waals surface area contributed by atoms with E-state index in [4.69, 9.17) is 15.2 Å². The number of pyridine rings is 1. The van der Waals surface area contributed by atoms with Gasteiger partial charge in [-0.05, 0) is 25.0 Å². The van der Waals surface area contributed by atoms with Gasteiger partial charge >= 0.3 is 0 Å². The number of fused-ring (bicyclic) bond motifs is 1. The Bertz CT molecular complexity index is 606. The first-order chi connectivity index (χ1) is 8.72. The van der Waals surface area contributed by atoms with Crippen LogP contribution in [0.2, 0.25) is 0 Å². The van der Waals surface area contributed by atoms with Crippen LogP contribution in [0.3, 0.4) is 0 Å². The fourth-order valence-electron chi connectivity index (χ4n) is 2.18. The SMILES string of the molecule is COc1cc(OC)c2nc(C3CC3)cc(N)c2c1. The van der Waals surface area contributed by atoms with Crippen molar-refractivity contribution in [2.24, 2.45) is 0 Å². The number of nitrogens with zero attached hydrogens (tertiary/aromatic N) is 1. The van der Waals surface area contributed by atoms with Crippen molar-refractivity contribution < 1.29 is 9.47 Å². The van der Waals surface area contributed by atoms with E-state index in [1.807, 2.05) is 18.2 Å². The molecule has 0 spiro atoms. The minimum atomic E-state index is 0.573. The molecule has 1 aliphatic carbocycles. The molecule has 1 aromatic heterocycles. The second kappa shape index (κ2) is 4.05. The van der Waals surface area contributed by atoms with Gasteiger partial charge in [0.05, 0.1) is 14.2 Å². The molecule has 1 saturated carbocycles. The molecule has 0 atom stereocenters. The van der Waals surface area contributed by atoms with Crippen LogP contribution in [0.25, 0.3) is 10.9 Å². The van der Waals surface area contributed by atoms with Crippen molar-refractivity contribution in [3.63, 3.8) is 0 Å².